The van der Waals surface area contributed by atoms with Crippen molar-refractivity contribution in [3.8, 4) is 0 Å². The van der Waals surface area contributed by atoms with E-state index in [9.17, 15) is 9.90 Å². The third-order valence-corrected chi connectivity index (χ3v) is 4.07. The minimum absolute atomic E-state index is 0.0176. The lowest BCUT2D eigenvalue weighted by molar-refractivity contribution is 0.0598. The number of hydrogen-bond acceptors (Lipinski definition) is 3. The first-order chi connectivity index (χ1) is 9.06. The van der Waals surface area contributed by atoms with E-state index in [1.54, 1.807) is 4.68 Å². The summed E-state index contributed by atoms with van der Waals surface area (Å²) in [5, 5.41) is 13.8. The molecular weight excluding hydrogens is 242 g/mol. The van der Waals surface area contributed by atoms with Gasteiger partial charge in [-0.3, -0.25) is 9.48 Å². The summed E-state index contributed by atoms with van der Waals surface area (Å²) >= 11 is 0. The molecule has 1 N–H and O–H groups in total. The number of aliphatic hydroxyl groups is 1. The van der Waals surface area contributed by atoms with E-state index in [1.165, 1.54) is 0 Å². The summed E-state index contributed by atoms with van der Waals surface area (Å²) in [7, 11) is 1.85. The predicted molar refractivity (Wildman–Crippen MR) is 73.1 cm³/mol. The molecule has 1 fully saturated rings. The molecule has 2 rings (SSSR count). The van der Waals surface area contributed by atoms with Gasteiger partial charge in [-0.1, -0.05) is 12.8 Å². The number of aryl methyl sites for hydroxylation is 2. The molecule has 106 valence electrons. The largest absolute Gasteiger partial charge is 0.394 e. The van der Waals surface area contributed by atoms with Crippen LogP contribution in [-0.4, -0.2) is 44.9 Å². The van der Waals surface area contributed by atoms with E-state index in [-0.39, 0.29) is 18.6 Å². The normalized spacial score (nSPS) is 20.4. The molecule has 0 aliphatic carbocycles. The van der Waals surface area contributed by atoms with Crippen LogP contribution in [-0.2, 0) is 7.05 Å². The number of likely N-dealkylation sites (tertiary alicyclic amines) is 1. The van der Waals surface area contributed by atoms with E-state index in [1.807, 2.05) is 25.8 Å². The van der Waals surface area contributed by atoms with Gasteiger partial charge >= 0.3 is 0 Å². The van der Waals surface area contributed by atoms with Gasteiger partial charge in [0.15, 0.2) is 0 Å². The highest BCUT2D eigenvalue weighted by molar-refractivity contribution is 5.96. The van der Waals surface area contributed by atoms with E-state index >= 15 is 0 Å². The maximum absolute atomic E-state index is 12.7. The highest BCUT2D eigenvalue weighted by atomic mass is 16.3. The predicted octanol–water partition coefficient (Wildman–Crippen LogP) is 1.41. The van der Waals surface area contributed by atoms with Crippen molar-refractivity contribution in [2.75, 3.05) is 13.2 Å². The number of amides is 1. The van der Waals surface area contributed by atoms with Crippen molar-refractivity contribution >= 4 is 5.91 Å². The fourth-order valence-electron chi connectivity index (χ4n) is 2.86. The van der Waals surface area contributed by atoms with Gasteiger partial charge in [-0.2, -0.15) is 5.10 Å². The van der Waals surface area contributed by atoms with Crippen LogP contribution < -0.4 is 0 Å². The summed E-state index contributed by atoms with van der Waals surface area (Å²) < 4.78 is 1.74. The Morgan fingerprint density at radius 3 is 2.68 bits per heavy atom. The maximum Gasteiger partial charge on any atom is 0.257 e. The topological polar surface area (TPSA) is 58.4 Å². The second-order valence-electron chi connectivity index (χ2n) is 5.35. The summed E-state index contributed by atoms with van der Waals surface area (Å²) in [5.41, 5.74) is 2.36. The number of carbonyl (C=O) groups excluding carboxylic acids is 1. The average Bonchev–Trinajstić information content (AvgIpc) is 2.60. The van der Waals surface area contributed by atoms with E-state index in [0.717, 1.165) is 43.6 Å². The van der Waals surface area contributed by atoms with Crippen molar-refractivity contribution < 1.29 is 9.90 Å². The summed E-state index contributed by atoms with van der Waals surface area (Å²) in [6, 6.07) is -0.0472. The first-order valence-electron chi connectivity index (χ1n) is 6.98. The molecule has 1 unspecified atom stereocenters. The number of hydrogen-bond donors (Lipinski definition) is 1. The lowest BCUT2D eigenvalue weighted by Crippen LogP contribution is -2.42. The van der Waals surface area contributed by atoms with Crippen LogP contribution in [0.15, 0.2) is 0 Å². The van der Waals surface area contributed by atoms with E-state index < -0.39 is 0 Å². The standard InChI is InChI=1S/C14H23N3O2/c1-10-13(11(2)16(3)15-10)14(19)17-8-6-4-5-7-12(17)9-18/h12,18H,4-9H2,1-3H3. The van der Waals surface area contributed by atoms with Crippen LogP contribution in [0.3, 0.4) is 0 Å². The Labute approximate surface area is 114 Å². The highest BCUT2D eigenvalue weighted by Gasteiger charge is 2.29. The Morgan fingerprint density at radius 1 is 1.37 bits per heavy atom. The number of nitrogens with zero attached hydrogens (tertiary/aromatic N) is 3. The summed E-state index contributed by atoms with van der Waals surface area (Å²) in [6.07, 6.45) is 4.12. The molecule has 1 aliphatic heterocycles. The molecule has 5 heteroatoms. The molecule has 1 saturated heterocycles. The molecule has 1 atom stereocenters. The fraction of sp³-hybridized carbons (Fsp3) is 0.714. The number of aliphatic hydroxyl groups excluding tert-OH is 1. The Balaban J connectivity index is 2.30. The van der Waals surface area contributed by atoms with Gasteiger partial charge in [0.2, 0.25) is 0 Å². The number of aromatic nitrogens is 2. The molecule has 1 aliphatic rings. The van der Waals surface area contributed by atoms with Crippen molar-refractivity contribution in [1.29, 1.82) is 0 Å². The smallest absolute Gasteiger partial charge is 0.257 e. The number of rotatable bonds is 2. The third kappa shape index (κ3) is 2.66. The molecular formula is C14H23N3O2. The summed E-state index contributed by atoms with van der Waals surface area (Å²) in [4.78, 5) is 14.6. The van der Waals surface area contributed by atoms with Crippen molar-refractivity contribution in [3.05, 3.63) is 17.0 Å². The molecule has 0 bridgehead atoms. The van der Waals surface area contributed by atoms with E-state index in [2.05, 4.69) is 5.10 Å². The first-order valence-corrected chi connectivity index (χ1v) is 6.98. The van der Waals surface area contributed by atoms with Crippen molar-refractivity contribution in [3.63, 3.8) is 0 Å². The minimum atomic E-state index is -0.0472. The van der Waals surface area contributed by atoms with Crippen LogP contribution in [0.1, 0.15) is 47.4 Å². The van der Waals surface area contributed by atoms with Crippen LogP contribution in [0, 0.1) is 13.8 Å². The zero-order valence-electron chi connectivity index (χ0n) is 12.0. The van der Waals surface area contributed by atoms with Gasteiger partial charge in [-0.25, -0.2) is 0 Å². The first kappa shape index (κ1) is 14.1. The maximum atomic E-state index is 12.7. The quantitative estimate of drug-likeness (QED) is 0.879. The van der Waals surface area contributed by atoms with Crippen LogP contribution in [0.25, 0.3) is 0 Å². The molecule has 2 heterocycles. The molecule has 19 heavy (non-hydrogen) atoms. The minimum Gasteiger partial charge on any atom is -0.394 e. The molecule has 1 amide bonds. The lowest BCUT2D eigenvalue weighted by atomic mass is 10.1. The van der Waals surface area contributed by atoms with Crippen LogP contribution >= 0.6 is 0 Å². The molecule has 0 radical (unpaired) electrons. The van der Waals surface area contributed by atoms with Crippen LogP contribution in [0.5, 0.6) is 0 Å². The zero-order valence-corrected chi connectivity index (χ0v) is 12.0. The van der Waals surface area contributed by atoms with E-state index in [0.29, 0.717) is 5.56 Å². The van der Waals surface area contributed by atoms with Gasteiger partial charge in [0.1, 0.15) is 0 Å². The molecule has 0 aromatic carbocycles. The van der Waals surface area contributed by atoms with Gasteiger partial charge in [0, 0.05) is 19.3 Å². The second-order valence-corrected chi connectivity index (χ2v) is 5.35. The van der Waals surface area contributed by atoms with Crippen molar-refractivity contribution in [2.45, 2.75) is 45.6 Å². The van der Waals surface area contributed by atoms with Gasteiger partial charge in [-0.15, -0.1) is 0 Å². The van der Waals surface area contributed by atoms with Crippen LogP contribution in [0.4, 0.5) is 0 Å². The van der Waals surface area contributed by atoms with Crippen LogP contribution in [0.2, 0.25) is 0 Å². The highest BCUT2D eigenvalue weighted by Crippen LogP contribution is 2.22. The molecule has 1 aromatic heterocycles. The van der Waals surface area contributed by atoms with Crippen molar-refractivity contribution in [1.82, 2.24) is 14.7 Å². The Hall–Kier alpha value is -1.36. The van der Waals surface area contributed by atoms with E-state index in [4.69, 9.17) is 0 Å². The summed E-state index contributed by atoms with van der Waals surface area (Å²) in [6.45, 7) is 4.56. The Bertz CT molecular complexity index is 468. The zero-order chi connectivity index (χ0) is 14.0. The third-order valence-electron chi connectivity index (χ3n) is 4.07. The Morgan fingerprint density at radius 2 is 2.11 bits per heavy atom. The lowest BCUT2D eigenvalue weighted by Gasteiger charge is -2.28. The Kier molecular flexibility index (Phi) is 4.24. The monoisotopic (exact) mass is 265 g/mol. The van der Waals surface area contributed by atoms with Gasteiger partial charge in [0.25, 0.3) is 5.91 Å². The van der Waals surface area contributed by atoms with Gasteiger partial charge in [-0.05, 0) is 26.7 Å². The fourth-order valence-corrected chi connectivity index (χ4v) is 2.86. The SMILES string of the molecule is Cc1nn(C)c(C)c1C(=O)N1CCCCCC1CO. The molecule has 1 aromatic rings. The molecule has 0 spiro atoms. The molecule has 0 saturated carbocycles. The number of carbonyl (C=O) groups is 1. The van der Waals surface area contributed by atoms with Gasteiger partial charge < -0.3 is 10.0 Å². The van der Waals surface area contributed by atoms with Gasteiger partial charge in [0.05, 0.1) is 23.9 Å². The average molecular weight is 265 g/mol. The summed E-state index contributed by atoms with van der Waals surface area (Å²) in [5.74, 6) is 0.0176. The molecule has 5 nitrogen and oxygen atoms in total. The second kappa shape index (κ2) is 5.74. The van der Waals surface area contributed by atoms with Crippen molar-refractivity contribution in [2.24, 2.45) is 7.05 Å².